The third kappa shape index (κ3) is 4.15. The van der Waals surface area contributed by atoms with Crippen molar-refractivity contribution in [2.24, 2.45) is 0 Å². The van der Waals surface area contributed by atoms with E-state index >= 15 is 0 Å². The highest BCUT2D eigenvalue weighted by Gasteiger charge is 2.28. The molecule has 0 saturated carbocycles. The van der Waals surface area contributed by atoms with Gasteiger partial charge in [-0.25, -0.2) is 0 Å². The number of ether oxygens (including phenoxy) is 1. The van der Waals surface area contributed by atoms with Gasteiger partial charge < -0.3 is 10.1 Å². The first-order chi connectivity index (χ1) is 12.6. The van der Waals surface area contributed by atoms with Crippen LogP contribution in [0.4, 0.5) is 5.69 Å². The Morgan fingerprint density at radius 1 is 1.12 bits per heavy atom. The number of methoxy groups -OCH3 is 1. The molecule has 1 heterocycles. The molecule has 0 fully saturated rings. The molecule has 0 radical (unpaired) electrons. The highest BCUT2D eigenvalue weighted by atomic mass is 32.2. The molecule has 1 atom stereocenters. The Morgan fingerprint density at radius 3 is 2.58 bits per heavy atom. The summed E-state index contributed by atoms with van der Waals surface area (Å²) in [6, 6.07) is 13.9. The lowest BCUT2D eigenvalue weighted by Crippen LogP contribution is -2.44. The Morgan fingerprint density at radius 2 is 1.85 bits per heavy atom. The molecule has 0 saturated heterocycles. The minimum Gasteiger partial charge on any atom is -0.497 e. The van der Waals surface area contributed by atoms with E-state index in [0.29, 0.717) is 11.3 Å². The third-order valence-electron chi connectivity index (χ3n) is 3.75. The molecule has 0 aliphatic carbocycles. The lowest BCUT2D eigenvalue weighted by atomic mass is 10.2. The molecule has 1 aliphatic rings. The van der Waals surface area contributed by atoms with Crippen LogP contribution in [0.15, 0.2) is 53.4 Å². The molecule has 0 bridgehead atoms. The SMILES string of the molecule is COc1ccc(C(=O)NNC(=O)C[C@H]2Sc3ccccc3NC2=O)cc1. The number of rotatable bonds is 4. The average molecular weight is 371 g/mol. The number of anilines is 1. The number of hydrogen-bond acceptors (Lipinski definition) is 5. The van der Waals surface area contributed by atoms with Crippen LogP contribution in [0, 0.1) is 0 Å². The first kappa shape index (κ1) is 17.8. The van der Waals surface area contributed by atoms with Gasteiger partial charge in [-0.2, -0.15) is 0 Å². The zero-order valence-electron chi connectivity index (χ0n) is 13.9. The number of hydrazine groups is 1. The Bertz CT molecular complexity index is 839. The Balaban J connectivity index is 1.52. The van der Waals surface area contributed by atoms with Gasteiger partial charge in [-0.15, -0.1) is 11.8 Å². The molecule has 2 aromatic rings. The van der Waals surface area contributed by atoms with Crippen molar-refractivity contribution < 1.29 is 19.1 Å². The van der Waals surface area contributed by atoms with E-state index in [1.54, 1.807) is 24.3 Å². The van der Waals surface area contributed by atoms with Gasteiger partial charge in [-0.05, 0) is 36.4 Å². The molecule has 0 unspecified atom stereocenters. The third-order valence-corrected chi connectivity index (χ3v) is 5.02. The average Bonchev–Trinajstić information content (AvgIpc) is 2.66. The summed E-state index contributed by atoms with van der Waals surface area (Å²) in [4.78, 5) is 37.1. The summed E-state index contributed by atoms with van der Waals surface area (Å²) in [5.41, 5.74) is 5.80. The molecule has 134 valence electrons. The molecule has 0 spiro atoms. The van der Waals surface area contributed by atoms with Crippen LogP contribution in [0.3, 0.4) is 0 Å². The van der Waals surface area contributed by atoms with E-state index < -0.39 is 17.1 Å². The van der Waals surface area contributed by atoms with Gasteiger partial charge in [-0.1, -0.05) is 12.1 Å². The van der Waals surface area contributed by atoms with E-state index in [9.17, 15) is 14.4 Å². The fourth-order valence-corrected chi connectivity index (χ4v) is 3.50. The molecule has 26 heavy (non-hydrogen) atoms. The summed E-state index contributed by atoms with van der Waals surface area (Å²) in [5.74, 6) is -0.498. The van der Waals surface area contributed by atoms with Crippen LogP contribution in [0.5, 0.6) is 5.75 Å². The number of carbonyl (C=O) groups is 3. The smallest absolute Gasteiger partial charge is 0.269 e. The lowest BCUT2D eigenvalue weighted by molar-refractivity contribution is -0.124. The van der Waals surface area contributed by atoms with Crippen LogP contribution < -0.4 is 20.9 Å². The van der Waals surface area contributed by atoms with Gasteiger partial charge in [-0.3, -0.25) is 25.2 Å². The maximum absolute atomic E-state index is 12.1. The molecule has 0 aromatic heterocycles. The van der Waals surface area contributed by atoms with Crippen molar-refractivity contribution in [3.8, 4) is 5.75 Å². The zero-order chi connectivity index (χ0) is 18.5. The van der Waals surface area contributed by atoms with Crippen molar-refractivity contribution in [3.05, 3.63) is 54.1 Å². The van der Waals surface area contributed by atoms with Crippen molar-refractivity contribution in [1.29, 1.82) is 0 Å². The summed E-state index contributed by atoms with van der Waals surface area (Å²) in [5, 5.41) is 2.22. The topological polar surface area (TPSA) is 96.5 Å². The quantitative estimate of drug-likeness (QED) is 0.714. The maximum atomic E-state index is 12.1. The van der Waals surface area contributed by atoms with E-state index in [0.717, 1.165) is 10.6 Å². The van der Waals surface area contributed by atoms with Gasteiger partial charge >= 0.3 is 0 Å². The van der Waals surface area contributed by atoms with E-state index in [1.807, 2.05) is 24.3 Å². The van der Waals surface area contributed by atoms with Crippen LogP contribution in [-0.2, 0) is 9.59 Å². The van der Waals surface area contributed by atoms with Gasteiger partial charge in [0.1, 0.15) is 5.75 Å². The predicted octanol–water partition coefficient (Wildman–Crippen LogP) is 1.96. The number of benzene rings is 2. The second kappa shape index (κ2) is 7.92. The second-order valence-electron chi connectivity index (χ2n) is 5.53. The van der Waals surface area contributed by atoms with Gasteiger partial charge in [0.25, 0.3) is 5.91 Å². The molecule has 3 N–H and O–H groups in total. The zero-order valence-corrected chi connectivity index (χ0v) is 14.8. The van der Waals surface area contributed by atoms with Gasteiger partial charge in [0.2, 0.25) is 11.8 Å². The molecule has 3 amide bonds. The van der Waals surface area contributed by atoms with Crippen LogP contribution in [0.2, 0.25) is 0 Å². The molecule has 1 aliphatic heterocycles. The molecule has 2 aromatic carbocycles. The fourth-order valence-electron chi connectivity index (χ4n) is 2.39. The number of nitrogens with one attached hydrogen (secondary N) is 3. The molecular weight excluding hydrogens is 354 g/mol. The van der Waals surface area contributed by atoms with E-state index in [1.165, 1.54) is 18.9 Å². The standard InChI is InChI=1S/C18H17N3O4S/c1-25-12-8-6-11(7-9-12)17(23)21-20-16(22)10-15-18(24)19-13-4-2-3-5-14(13)26-15/h2-9,15H,10H2,1H3,(H,19,24)(H,20,22)(H,21,23)/t15-/m1/s1. The van der Waals surface area contributed by atoms with Crippen molar-refractivity contribution in [2.75, 3.05) is 12.4 Å². The number of amides is 3. The highest BCUT2D eigenvalue weighted by molar-refractivity contribution is 8.01. The molecular formula is C18H17N3O4S. The minimum absolute atomic E-state index is 0.0479. The highest BCUT2D eigenvalue weighted by Crippen LogP contribution is 2.36. The first-order valence-corrected chi connectivity index (χ1v) is 8.74. The van der Waals surface area contributed by atoms with Crippen molar-refractivity contribution >= 4 is 35.2 Å². The van der Waals surface area contributed by atoms with E-state index in [-0.39, 0.29) is 12.3 Å². The first-order valence-electron chi connectivity index (χ1n) is 7.86. The predicted molar refractivity (Wildman–Crippen MR) is 97.9 cm³/mol. The fraction of sp³-hybridized carbons (Fsp3) is 0.167. The summed E-state index contributed by atoms with van der Waals surface area (Å²) in [6.07, 6.45) is -0.0479. The Labute approximate surface area is 154 Å². The van der Waals surface area contributed by atoms with E-state index in [2.05, 4.69) is 16.2 Å². The summed E-state index contributed by atoms with van der Waals surface area (Å²) in [6.45, 7) is 0. The maximum Gasteiger partial charge on any atom is 0.269 e. The number of hydrogen-bond donors (Lipinski definition) is 3. The summed E-state index contributed by atoms with van der Waals surface area (Å²) >= 11 is 1.33. The van der Waals surface area contributed by atoms with Gasteiger partial charge in [0.05, 0.1) is 18.0 Å². The van der Waals surface area contributed by atoms with Gasteiger partial charge in [0, 0.05) is 16.9 Å². The summed E-state index contributed by atoms with van der Waals surface area (Å²) in [7, 11) is 1.53. The van der Waals surface area contributed by atoms with Crippen LogP contribution >= 0.6 is 11.8 Å². The molecule has 7 nitrogen and oxygen atoms in total. The second-order valence-corrected chi connectivity index (χ2v) is 6.77. The Kier molecular flexibility index (Phi) is 5.43. The van der Waals surface area contributed by atoms with Gasteiger partial charge in [0.15, 0.2) is 0 Å². The number of carbonyl (C=O) groups excluding carboxylic acids is 3. The van der Waals surface area contributed by atoms with Crippen LogP contribution in [0.1, 0.15) is 16.8 Å². The largest absolute Gasteiger partial charge is 0.497 e. The van der Waals surface area contributed by atoms with Crippen molar-refractivity contribution in [2.45, 2.75) is 16.6 Å². The Hall–Kier alpha value is -3.00. The number of thioether (sulfide) groups is 1. The molecule has 3 rings (SSSR count). The lowest BCUT2D eigenvalue weighted by Gasteiger charge is -2.23. The van der Waals surface area contributed by atoms with Crippen LogP contribution in [0.25, 0.3) is 0 Å². The molecule has 8 heteroatoms. The minimum atomic E-state index is -0.553. The number of para-hydroxylation sites is 1. The van der Waals surface area contributed by atoms with E-state index in [4.69, 9.17) is 4.74 Å². The van der Waals surface area contributed by atoms with Crippen molar-refractivity contribution in [3.63, 3.8) is 0 Å². The monoisotopic (exact) mass is 371 g/mol. The van der Waals surface area contributed by atoms with Crippen LogP contribution in [-0.4, -0.2) is 30.1 Å². The normalized spacial score (nSPS) is 15.4. The summed E-state index contributed by atoms with van der Waals surface area (Å²) < 4.78 is 5.03. The van der Waals surface area contributed by atoms with Crippen molar-refractivity contribution in [1.82, 2.24) is 10.9 Å². The number of fused-ring (bicyclic) bond motifs is 1.